The second-order valence-electron chi connectivity index (χ2n) is 5.49. The maximum atomic E-state index is 12.3. The lowest BCUT2D eigenvalue weighted by atomic mass is 9.99. The number of nitrogens with one attached hydrogen (secondary N) is 1. The van der Waals surface area contributed by atoms with E-state index in [2.05, 4.69) is 12.2 Å². The smallest absolute Gasteiger partial charge is 0.227 e. The Labute approximate surface area is 125 Å². The first kappa shape index (κ1) is 15.2. The first-order valence-corrected chi connectivity index (χ1v) is 8.42. The van der Waals surface area contributed by atoms with Crippen molar-refractivity contribution in [2.45, 2.75) is 50.3 Å². The Morgan fingerprint density at radius 1 is 1.50 bits per heavy atom. The van der Waals surface area contributed by atoms with E-state index in [9.17, 15) is 4.79 Å². The van der Waals surface area contributed by atoms with Crippen molar-refractivity contribution in [1.82, 2.24) is 5.32 Å². The van der Waals surface area contributed by atoms with E-state index in [1.165, 1.54) is 6.42 Å². The fourth-order valence-electron chi connectivity index (χ4n) is 2.76. The summed E-state index contributed by atoms with van der Waals surface area (Å²) in [5.74, 6) is 1.13. The van der Waals surface area contributed by atoms with Crippen LogP contribution in [-0.2, 0) is 4.79 Å². The number of carbonyl (C=O) groups is 1. The number of hydrogen-bond acceptors (Lipinski definition) is 3. The number of nitrogens with two attached hydrogens (primary N) is 1. The number of hydrogen-bond donors (Lipinski definition) is 2. The van der Waals surface area contributed by atoms with E-state index in [0.29, 0.717) is 17.0 Å². The van der Waals surface area contributed by atoms with Crippen molar-refractivity contribution in [3.63, 3.8) is 0 Å². The normalized spacial score (nSPS) is 23.5. The summed E-state index contributed by atoms with van der Waals surface area (Å²) in [5.41, 5.74) is 7.47. The van der Waals surface area contributed by atoms with Crippen LogP contribution in [0.15, 0.2) is 24.3 Å². The van der Waals surface area contributed by atoms with Gasteiger partial charge in [0.05, 0.1) is 5.92 Å². The van der Waals surface area contributed by atoms with Gasteiger partial charge >= 0.3 is 0 Å². The molecule has 3 atom stereocenters. The Bertz CT molecular complexity index is 464. The van der Waals surface area contributed by atoms with Gasteiger partial charge in [0.2, 0.25) is 5.91 Å². The van der Waals surface area contributed by atoms with Gasteiger partial charge in [-0.2, -0.15) is 11.8 Å². The van der Waals surface area contributed by atoms with Gasteiger partial charge in [-0.05, 0) is 49.6 Å². The molecule has 3 N–H and O–H groups in total. The highest BCUT2D eigenvalue weighted by Crippen LogP contribution is 2.30. The van der Waals surface area contributed by atoms with Crippen molar-refractivity contribution >= 4 is 23.4 Å². The Kier molecular flexibility index (Phi) is 5.35. The van der Waals surface area contributed by atoms with Crippen molar-refractivity contribution < 1.29 is 4.79 Å². The van der Waals surface area contributed by atoms with Gasteiger partial charge in [0, 0.05) is 17.0 Å². The summed E-state index contributed by atoms with van der Waals surface area (Å²) in [6.45, 7) is 4.13. The highest BCUT2D eigenvalue weighted by molar-refractivity contribution is 7.99. The molecule has 0 aromatic heterocycles. The lowest BCUT2D eigenvalue weighted by Crippen LogP contribution is -2.36. The average molecular weight is 292 g/mol. The van der Waals surface area contributed by atoms with Crippen LogP contribution in [-0.4, -0.2) is 23.0 Å². The third-order valence-corrected chi connectivity index (χ3v) is 5.17. The molecule has 1 aromatic rings. The molecular formula is C16H24N2OS. The number of benzene rings is 1. The first-order valence-electron chi connectivity index (χ1n) is 7.37. The van der Waals surface area contributed by atoms with Crippen LogP contribution in [0, 0.1) is 0 Å². The summed E-state index contributed by atoms with van der Waals surface area (Å²) in [5, 5.41) is 3.91. The zero-order valence-electron chi connectivity index (χ0n) is 12.3. The van der Waals surface area contributed by atoms with Crippen LogP contribution in [0.5, 0.6) is 0 Å². The van der Waals surface area contributed by atoms with Crippen LogP contribution in [0.3, 0.4) is 0 Å². The van der Waals surface area contributed by atoms with Gasteiger partial charge < -0.3 is 11.1 Å². The van der Waals surface area contributed by atoms with Crippen LogP contribution in [0.4, 0.5) is 5.69 Å². The highest BCUT2D eigenvalue weighted by Gasteiger charge is 2.27. The predicted molar refractivity (Wildman–Crippen MR) is 87.0 cm³/mol. The fraction of sp³-hybridized carbons (Fsp3) is 0.562. The maximum Gasteiger partial charge on any atom is 0.227 e. The molecule has 1 aromatic carbocycles. The second-order valence-corrected chi connectivity index (χ2v) is 7.07. The lowest BCUT2D eigenvalue weighted by Gasteiger charge is -2.17. The molecule has 0 aliphatic heterocycles. The predicted octanol–water partition coefficient (Wildman–Crippen LogP) is 3.16. The summed E-state index contributed by atoms with van der Waals surface area (Å²) in [6.07, 6.45) is 3.43. The van der Waals surface area contributed by atoms with E-state index in [1.807, 2.05) is 43.0 Å². The van der Waals surface area contributed by atoms with E-state index in [0.717, 1.165) is 24.2 Å². The lowest BCUT2D eigenvalue weighted by molar-refractivity contribution is -0.122. The number of thioether (sulfide) groups is 1. The molecule has 3 nitrogen and oxygen atoms in total. The molecule has 1 fully saturated rings. The molecular weight excluding hydrogens is 268 g/mol. The molecule has 110 valence electrons. The largest absolute Gasteiger partial charge is 0.399 e. The summed E-state index contributed by atoms with van der Waals surface area (Å²) >= 11 is 2.01. The summed E-state index contributed by atoms with van der Waals surface area (Å²) < 4.78 is 0. The van der Waals surface area contributed by atoms with Gasteiger partial charge in [0.25, 0.3) is 0 Å². The van der Waals surface area contributed by atoms with E-state index < -0.39 is 0 Å². The van der Waals surface area contributed by atoms with E-state index in [-0.39, 0.29) is 11.8 Å². The third kappa shape index (κ3) is 3.92. The van der Waals surface area contributed by atoms with Crippen molar-refractivity contribution in [3.8, 4) is 0 Å². The van der Waals surface area contributed by atoms with Crippen molar-refractivity contribution in [2.75, 3.05) is 11.5 Å². The van der Waals surface area contributed by atoms with Crippen molar-refractivity contribution in [1.29, 1.82) is 0 Å². The Hall–Kier alpha value is -1.16. The summed E-state index contributed by atoms with van der Waals surface area (Å²) in [6, 6.07) is 7.94. The molecule has 0 heterocycles. The molecule has 3 unspecified atom stereocenters. The third-order valence-electron chi connectivity index (χ3n) is 3.94. The fourth-order valence-corrected chi connectivity index (χ4v) is 3.91. The minimum absolute atomic E-state index is 0.114. The van der Waals surface area contributed by atoms with Gasteiger partial charge in [-0.15, -0.1) is 0 Å². The van der Waals surface area contributed by atoms with Crippen molar-refractivity contribution in [2.24, 2.45) is 0 Å². The number of amides is 1. The topological polar surface area (TPSA) is 55.1 Å². The molecule has 1 aliphatic carbocycles. The standard InChI is InChI=1S/C16H24N2OS/c1-3-20-15-8-7-14(10-15)18-16(19)11(2)12-5-4-6-13(17)9-12/h4-6,9,11,14-15H,3,7-8,10,17H2,1-2H3,(H,18,19). The number of rotatable bonds is 5. The molecule has 0 spiro atoms. The zero-order valence-corrected chi connectivity index (χ0v) is 13.1. The Morgan fingerprint density at radius 2 is 2.30 bits per heavy atom. The zero-order chi connectivity index (χ0) is 14.5. The van der Waals surface area contributed by atoms with Crippen molar-refractivity contribution in [3.05, 3.63) is 29.8 Å². The minimum Gasteiger partial charge on any atom is -0.399 e. The SMILES string of the molecule is CCSC1CCC(NC(=O)C(C)c2cccc(N)c2)C1. The molecule has 0 radical (unpaired) electrons. The quantitative estimate of drug-likeness (QED) is 0.820. The molecule has 1 saturated carbocycles. The molecule has 0 bridgehead atoms. The highest BCUT2D eigenvalue weighted by atomic mass is 32.2. The number of anilines is 1. The monoisotopic (exact) mass is 292 g/mol. The number of nitrogen functional groups attached to an aromatic ring is 1. The van der Waals surface area contributed by atoms with Crippen LogP contribution in [0.2, 0.25) is 0 Å². The molecule has 1 aliphatic rings. The van der Waals surface area contributed by atoms with E-state index in [4.69, 9.17) is 5.73 Å². The van der Waals surface area contributed by atoms with Crippen LogP contribution in [0.25, 0.3) is 0 Å². The second kappa shape index (κ2) is 7.02. The van der Waals surface area contributed by atoms with E-state index in [1.54, 1.807) is 0 Å². The minimum atomic E-state index is -0.142. The molecule has 4 heteroatoms. The summed E-state index contributed by atoms with van der Waals surface area (Å²) in [4.78, 5) is 12.3. The Morgan fingerprint density at radius 3 is 3.00 bits per heavy atom. The van der Waals surface area contributed by atoms with E-state index >= 15 is 0 Å². The van der Waals surface area contributed by atoms with Gasteiger partial charge in [-0.25, -0.2) is 0 Å². The molecule has 20 heavy (non-hydrogen) atoms. The van der Waals surface area contributed by atoms with Crippen LogP contribution in [0.1, 0.15) is 44.6 Å². The summed E-state index contributed by atoms with van der Waals surface area (Å²) in [7, 11) is 0. The molecule has 1 amide bonds. The Balaban J connectivity index is 1.89. The average Bonchev–Trinajstić information content (AvgIpc) is 2.85. The van der Waals surface area contributed by atoms with Crippen LogP contribution >= 0.6 is 11.8 Å². The maximum absolute atomic E-state index is 12.3. The first-order chi connectivity index (χ1) is 9.60. The van der Waals surface area contributed by atoms with Gasteiger partial charge in [-0.3, -0.25) is 4.79 Å². The van der Waals surface area contributed by atoms with Gasteiger partial charge in [-0.1, -0.05) is 19.1 Å². The molecule has 0 saturated heterocycles. The number of carbonyl (C=O) groups excluding carboxylic acids is 1. The molecule has 2 rings (SSSR count). The van der Waals surface area contributed by atoms with Gasteiger partial charge in [0.15, 0.2) is 0 Å². The van der Waals surface area contributed by atoms with Gasteiger partial charge in [0.1, 0.15) is 0 Å². The van der Waals surface area contributed by atoms with Crippen LogP contribution < -0.4 is 11.1 Å².